The first kappa shape index (κ1) is 18.3. The fraction of sp³-hybridized carbons (Fsp3) is 0.667. The lowest BCUT2D eigenvalue weighted by atomic mass is 9.44. The second-order valence-electron chi connectivity index (χ2n) is 9.46. The number of Topliss-reactive ketones (excluding diaryl/α,β-unsaturated/α-hetero) is 1. The van der Waals surface area contributed by atoms with Gasteiger partial charge in [-0.2, -0.15) is 0 Å². The minimum Gasteiger partial charge on any atom is -0.475 e. The number of rotatable bonds is 1. The van der Waals surface area contributed by atoms with Crippen LogP contribution in [-0.4, -0.2) is 22.5 Å². The first-order valence-electron chi connectivity index (χ1n) is 9.62. The number of ketones is 1. The molecule has 1 aromatic heterocycles. The average molecular weight is 374 g/mol. The third-order valence-corrected chi connectivity index (χ3v) is 7.69. The van der Waals surface area contributed by atoms with Gasteiger partial charge in [-0.1, -0.05) is 20.8 Å². The second kappa shape index (κ2) is 5.46. The molecule has 4 unspecified atom stereocenters. The average Bonchev–Trinajstić information content (AvgIpc) is 2.57. The Morgan fingerprint density at radius 1 is 1.15 bits per heavy atom. The molecule has 6 nitrogen and oxygen atoms in total. The van der Waals surface area contributed by atoms with Gasteiger partial charge in [-0.05, 0) is 43.9 Å². The van der Waals surface area contributed by atoms with Gasteiger partial charge in [0, 0.05) is 23.8 Å². The molecule has 0 spiro atoms. The van der Waals surface area contributed by atoms with Crippen molar-refractivity contribution in [3.05, 3.63) is 27.6 Å². The topological polar surface area (TPSA) is 93.8 Å². The van der Waals surface area contributed by atoms with E-state index in [-0.39, 0.29) is 34.0 Å². The van der Waals surface area contributed by atoms with Gasteiger partial charge < -0.3 is 14.3 Å². The van der Waals surface area contributed by atoms with E-state index in [9.17, 15) is 14.4 Å². The first-order chi connectivity index (χ1) is 12.5. The molecule has 0 aromatic carbocycles. The van der Waals surface area contributed by atoms with Crippen LogP contribution in [0.1, 0.15) is 69.5 Å². The summed E-state index contributed by atoms with van der Waals surface area (Å²) in [6.45, 7) is 8.35. The molecule has 0 radical (unpaired) electrons. The van der Waals surface area contributed by atoms with Crippen molar-refractivity contribution in [1.82, 2.24) is 0 Å². The predicted octanol–water partition coefficient (Wildman–Crippen LogP) is 3.45. The van der Waals surface area contributed by atoms with Gasteiger partial charge in [0.1, 0.15) is 11.4 Å². The summed E-state index contributed by atoms with van der Waals surface area (Å²) in [5, 5.41) is 9.17. The molecular formula is C21H26O6. The number of carboxylic acids is 1. The molecule has 146 valence electrons. The Balaban J connectivity index is 1.81. The monoisotopic (exact) mass is 374 g/mol. The lowest BCUT2D eigenvalue weighted by Gasteiger charge is -2.62. The van der Waals surface area contributed by atoms with Gasteiger partial charge in [0.05, 0.1) is 5.56 Å². The third kappa shape index (κ3) is 2.41. The van der Waals surface area contributed by atoms with Gasteiger partial charge in [0.15, 0.2) is 5.43 Å². The molecule has 4 atom stereocenters. The highest BCUT2D eigenvalue weighted by Gasteiger charge is 2.63. The van der Waals surface area contributed by atoms with E-state index in [0.29, 0.717) is 24.2 Å². The van der Waals surface area contributed by atoms with Crippen molar-refractivity contribution < 1.29 is 23.8 Å². The van der Waals surface area contributed by atoms with Crippen LogP contribution in [0.5, 0.6) is 5.95 Å². The van der Waals surface area contributed by atoms with E-state index < -0.39 is 17.3 Å². The maximum Gasteiger partial charge on any atom is 0.372 e. The Bertz CT molecular complexity index is 896. The van der Waals surface area contributed by atoms with E-state index in [1.165, 1.54) is 0 Å². The van der Waals surface area contributed by atoms with Gasteiger partial charge in [-0.3, -0.25) is 9.59 Å². The number of hydrogen-bond donors (Lipinski definition) is 1. The Kier molecular flexibility index (Phi) is 3.69. The molecule has 2 fully saturated rings. The number of carboxylic acid groups (broad SMARTS) is 1. The highest BCUT2D eigenvalue weighted by Crippen LogP contribution is 2.63. The fourth-order valence-corrected chi connectivity index (χ4v) is 6.16. The molecule has 0 bridgehead atoms. The largest absolute Gasteiger partial charge is 0.475 e. The molecule has 1 aromatic rings. The van der Waals surface area contributed by atoms with Gasteiger partial charge in [0.25, 0.3) is 5.95 Å². The van der Waals surface area contributed by atoms with Crippen LogP contribution in [0.2, 0.25) is 0 Å². The number of hydrogen-bond acceptors (Lipinski definition) is 5. The Morgan fingerprint density at radius 3 is 2.52 bits per heavy atom. The standard InChI is InChI=1S/C21H26O6/c1-19(2)14-5-8-21(4)15(20(14,3)7-6-16(19)23)9-11-12(22)10-13(17(24)25)26-18(11)27-21/h10,14-15H,5-9H2,1-4H3,(H,24,25). The Morgan fingerprint density at radius 2 is 1.85 bits per heavy atom. The van der Waals surface area contributed by atoms with Crippen LogP contribution in [0.4, 0.5) is 0 Å². The zero-order chi connectivity index (χ0) is 19.8. The molecule has 0 amide bonds. The Labute approximate surface area is 157 Å². The lowest BCUT2D eigenvalue weighted by molar-refractivity contribution is -0.177. The number of fused-ring (bicyclic) bond motifs is 4. The van der Waals surface area contributed by atoms with Crippen molar-refractivity contribution in [1.29, 1.82) is 0 Å². The van der Waals surface area contributed by atoms with Crippen LogP contribution in [0.25, 0.3) is 0 Å². The molecule has 2 heterocycles. The number of aromatic carboxylic acids is 1. The van der Waals surface area contributed by atoms with E-state index in [2.05, 4.69) is 6.92 Å². The van der Waals surface area contributed by atoms with E-state index in [1.807, 2.05) is 20.8 Å². The molecule has 27 heavy (non-hydrogen) atoms. The van der Waals surface area contributed by atoms with E-state index in [4.69, 9.17) is 14.3 Å². The van der Waals surface area contributed by atoms with Crippen LogP contribution in [0, 0.1) is 22.7 Å². The summed E-state index contributed by atoms with van der Waals surface area (Å²) in [6.07, 6.45) is 3.43. The predicted molar refractivity (Wildman–Crippen MR) is 97.0 cm³/mol. The van der Waals surface area contributed by atoms with Crippen LogP contribution in [0.3, 0.4) is 0 Å². The third-order valence-electron chi connectivity index (χ3n) is 7.69. The maximum atomic E-state index is 12.6. The molecule has 2 aliphatic carbocycles. The smallest absolute Gasteiger partial charge is 0.372 e. The van der Waals surface area contributed by atoms with Crippen molar-refractivity contribution in [2.24, 2.45) is 22.7 Å². The summed E-state index contributed by atoms with van der Waals surface area (Å²) in [7, 11) is 0. The number of ether oxygens (including phenoxy) is 1. The van der Waals surface area contributed by atoms with Crippen LogP contribution in [-0.2, 0) is 11.2 Å². The second-order valence-corrected chi connectivity index (χ2v) is 9.46. The van der Waals surface area contributed by atoms with Gasteiger partial charge in [-0.25, -0.2) is 4.79 Å². The molecule has 1 N–H and O–H groups in total. The van der Waals surface area contributed by atoms with E-state index in [0.717, 1.165) is 25.3 Å². The van der Waals surface area contributed by atoms with E-state index in [1.54, 1.807) is 0 Å². The first-order valence-corrected chi connectivity index (χ1v) is 9.62. The molecule has 1 aliphatic heterocycles. The SMILES string of the molecule is CC12CCC3C(C)(C)C(=O)CCC3(C)C1Cc1c(oc(C(=O)O)cc1=O)O2. The summed E-state index contributed by atoms with van der Waals surface area (Å²) < 4.78 is 11.6. The Hall–Kier alpha value is -2.11. The van der Waals surface area contributed by atoms with Crippen LogP contribution >= 0.6 is 0 Å². The molecular weight excluding hydrogens is 348 g/mol. The number of carbonyl (C=O) groups excluding carboxylic acids is 1. The van der Waals surface area contributed by atoms with Crippen molar-refractivity contribution in [2.45, 2.75) is 65.4 Å². The fourth-order valence-electron chi connectivity index (χ4n) is 6.16. The van der Waals surface area contributed by atoms with Crippen molar-refractivity contribution in [3.8, 4) is 5.95 Å². The molecule has 3 aliphatic rings. The maximum absolute atomic E-state index is 12.6. The van der Waals surface area contributed by atoms with E-state index >= 15 is 0 Å². The molecule has 2 saturated carbocycles. The summed E-state index contributed by atoms with van der Waals surface area (Å²) in [4.78, 5) is 36.3. The normalized spacial score (nSPS) is 36.8. The van der Waals surface area contributed by atoms with Gasteiger partial charge in [-0.15, -0.1) is 0 Å². The van der Waals surface area contributed by atoms with Gasteiger partial charge >= 0.3 is 5.97 Å². The minimum atomic E-state index is -1.28. The highest BCUT2D eigenvalue weighted by atomic mass is 16.6. The zero-order valence-corrected chi connectivity index (χ0v) is 16.3. The minimum absolute atomic E-state index is 0.0480. The van der Waals surface area contributed by atoms with Crippen LogP contribution < -0.4 is 10.2 Å². The quantitative estimate of drug-likeness (QED) is 0.809. The highest BCUT2D eigenvalue weighted by molar-refractivity contribution is 5.85. The summed E-state index contributed by atoms with van der Waals surface area (Å²) in [6, 6.07) is 1.03. The van der Waals surface area contributed by atoms with Crippen molar-refractivity contribution in [2.75, 3.05) is 0 Å². The van der Waals surface area contributed by atoms with Crippen molar-refractivity contribution >= 4 is 11.8 Å². The molecule has 4 rings (SSSR count). The molecule has 6 heteroatoms. The number of carbonyl (C=O) groups is 2. The zero-order valence-electron chi connectivity index (χ0n) is 16.3. The van der Waals surface area contributed by atoms with Gasteiger partial charge in [0.2, 0.25) is 5.76 Å². The summed E-state index contributed by atoms with van der Waals surface area (Å²) in [5.74, 6) is -1.01. The lowest BCUT2D eigenvalue weighted by Crippen LogP contribution is -2.63. The molecule has 0 saturated heterocycles. The van der Waals surface area contributed by atoms with Crippen LogP contribution in [0.15, 0.2) is 15.3 Å². The summed E-state index contributed by atoms with van der Waals surface area (Å²) in [5.41, 5.74) is -0.986. The van der Waals surface area contributed by atoms with Crippen molar-refractivity contribution in [3.63, 3.8) is 0 Å². The summed E-state index contributed by atoms with van der Waals surface area (Å²) >= 11 is 0.